The molecule has 0 spiro atoms. The highest BCUT2D eigenvalue weighted by Gasteiger charge is 2.03. The van der Waals surface area contributed by atoms with Gasteiger partial charge in [0.25, 0.3) is 0 Å². The highest BCUT2D eigenvalue weighted by atomic mass is 28.1. The lowest BCUT2D eigenvalue weighted by atomic mass is 10.2. The highest BCUT2D eigenvalue weighted by molar-refractivity contribution is 5.92. The summed E-state index contributed by atoms with van der Waals surface area (Å²) in [6.45, 7) is 0. The van der Waals surface area contributed by atoms with Crippen LogP contribution in [0, 0.1) is 0 Å². The lowest BCUT2D eigenvalue weighted by molar-refractivity contribution is 0.0696. The largest absolute Gasteiger partial charge is 0.478 e. The molecule has 68 valence electrons. The predicted molar refractivity (Wildman–Crippen MR) is 54.5 cm³/mol. The fourth-order valence-electron chi connectivity index (χ4n) is 1.19. The molecule has 1 aromatic carbocycles. The van der Waals surface area contributed by atoms with E-state index in [1.165, 1.54) is 6.20 Å². The van der Waals surface area contributed by atoms with Crippen LogP contribution in [0.5, 0.6) is 0 Å². The van der Waals surface area contributed by atoms with Crippen molar-refractivity contribution in [3.63, 3.8) is 0 Å². The molecule has 0 bridgehead atoms. The average molecular weight is 201 g/mol. The molecule has 0 fully saturated rings. The number of nitrogens with zero attached hydrogens (tertiary/aromatic N) is 1. The molecule has 0 saturated heterocycles. The topological polar surface area (TPSA) is 50.2 Å². The van der Waals surface area contributed by atoms with E-state index in [4.69, 9.17) is 5.11 Å². The molecule has 3 nitrogen and oxygen atoms in total. The van der Waals surface area contributed by atoms with Gasteiger partial charge < -0.3 is 5.11 Å². The Morgan fingerprint density at radius 1 is 1.29 bits per heavy atom. The van der Waals surface area contributed by atoms with E-state index in [1.807, 2.05) is 24.3 Å². The van der Waals surface area contributed by atoms with Crippen molar-refractivity contribution in [1.29, 1.82) is 0 Å². The Bertz CT molecular complexity index is 470. The number of pyridine rings is 1. The predicted octanol–water partition coefficient (Wildman–Crippen LogP) is 1.55. The summed E-state index contributed by atoms with van der Waals surface area (Å²) < 4.78 is 0. The number of para-hydroxylation sites is 1. The fourth-order valence-corrected chi connectivity index (χ4v) is 1.19. The number of hydrogen-bond donors (Lipinski definition) is 1. The summed E-state index contributed by atoms with van der Waals surface area (Å²) in [5, 5.41) is 9.55. The van der Waals surface area contributed by atoms with E-state index in [1.54, 1.807) is 6.07 Å². The maximum absolute atomic E-state index is 10.6. The Balaban J connectivity index is 0.000000980. The Hall–Kier alpha value is -1.68. The van der Waals surface area contributed by atoms with Crippen molar-refractivity contribution in [2.45, 2.75) is 0 Å². The van der Waals surface area contributed by atoms with Crippen molar-refractivity contribution in [1.82, 2.24) is 4.98 Å². The van der Waals surface area contributed by atoms with Gasteiger partial charge in [0.2, 0.25) is 0 Å². The van der Waals surface area contributed by atoms with Gasteiger partial charge in [0.15, 0.2) is 0 Å². The summed E-state index contributed by atoms with van der Waals surface area (Å²) in [5.74, 6) is -0.946. The molecule has 14 heavy (non-hydrogen) atoms. The zero-order valence-electron chi connectivity index (χ0n) is 7.27. The highest BCUT2D eigenvalue weighted by Crippen LogP contribution is 2.12. The fraction of sp³-hybridized carbons (Fsp3) is 0. The van der Waals surface area contributed by atoms with Gasteiger partial charge in [0, 0.05) is 22.5 Å². The van der Waals surface area contributed by atoms with Crippen LogP contribution in [0.15, 0.2) is 36.5 Å². The average Bonchev–Trinajstić information content (AvgIpc) is 2.17. The molecule has 0 saturated carbocycles. The van der Waals surface area contributed by atoms with Crippen LogP contribution in [0.2, 0.25) is 0 Å². The Morgan fingerprint density at radius 3 is 2.71 bits per heavy atom. The maximum Gasteiger partial charge on any atom is 0.337 e. The molecule has 1 N–H and O–H groups in total. The van der Waals surface area contributed by atoms with Crippen molar-refractivity contribution in [3.8, 4) is 0 Å². The Kier molecular flexibility index (Phi) is 2.98. The van der Waals surface area contributed by atoms with Crippen molar-refractivity contribution in [2.24, 2.45) is 0 Å². The van der Waals surface area contributed by atoms with Crippen LogP contribution in [0.3, 0.4) is 0 Å². The normalized spacial score (nSPS) is 9.43. The first kappa shape index (κ1) is 10.4. The summed E-state index contributed by atoms with van der Waals surface area (Å²) in [5.41, 5.74) is 1.03. The monoisotopic (exact) mass is 201 g/mol. The minimum Gasteiger partial charge on any atom is -0.478 e. The zero-order valence-corrected chi connectivity index (χ0v) is 8.27. The number of aromatic carboxylic acids is 1. The van der Waals surface area contributed by atoms with Gasteiger partial charge in [-0.25, -0.2) is 4.79 Å². The lowest BCUT2D eigenvalue weighted by Crippen LogP contribution is -1.96. The van der Waals surface area contributed by atoms with Crippen LogP contribution >= 0.6 is 0 Å². The molecular weight excluding hydrogens is 194 g/mol. The van der Waals surface area contributed by atoms with Gasteiger partial charge in [-0.2, -0.15) is 0 Å². The molecule has 4 heteroatoms. The van der Waals surface area contributed by atoms with Gasteiger partial charge in [-0.3, -0.25) is 4.98 Å². The van der Waals surface area contributed by atoms with E-state index < -0.39 is 5.97 Å². The van der Waals surface area contributed by atoms with Crippen LogP contribution in [0.4, 0.5) is 0 Å². The first-order valence-electron chi connectivity index (χ1n) is 3.85. The smallest absolute Gasteiger partial charge is 0.337 e. The molecule has 0 aliphatic heterocycles. The van der Waals surface area contributed by atoms with Gasteiger partial charge in [0.1, 0.15) is 0 Å². The number of benzene rings is 1. The molecule has 1 heterocycles. The van der Waals surface area contributed by atoms with Crippen LogP contribution < -0.4 is 0 Å². The van der Waals surface area contributed by atoms with E-state index in [2.05, 4.69) is 4.98 Å². The van der Waals surface area contributed by atoms with E-state index in [9.17, 15) is 4.79 Å². The number of hydrogen-bond acceptors (Lipinski definition) is 2. The van der Waals surface area contributed by atoms with Crippen molar-refractivity contribution < 1.29 is 9.90 Å². The summed E-state index contributed by atoms with van der Waals surface area (Å²) in [7, 11) is 0. The van der Waals surface area contributed by atoms with E-state index in [0.717, 1.165) is 10.9 Å². The summed E-state index contributed by atoms with van der Waals surface area (Å²) in [4.78, 5) is 14.6. The quantitative estimate of drug-likeness (QED) is 0.712. The van der Waals surface area contributed by atoms with Crippen LogP contribution in [-0.4, -0.2) is 27.0 Å². The minimum absolute atomic E-state index is 0. The Labute approximate surface area is 85.4 Å². The number of rotatable bonds is 1. The second-order valence-corrected chi connectivity index (χ2v) is 2.72. The van der Waals surface area contributed by atoms with Crippen LogP contribution in [0.25, 0.3) is 10.9 Å². The third-order valence-corrected chi connectivity index (χ3v) is 1.84. The molecule has 0 aliphatic carbocycles. The molecule has 2 rings (SSSR count). The number of carboxylic acid groups (broad SMARTS) is 1. The summed E-state index contributed by atoms with van der Waals surface area (Å²) in [6, 6.07) is 9.03. The van der Waals surface area contributed by atoms with Crippen molar-refractivity contribution >= 4 is 27.8 Å². The lowest BCUT2D eigenvalue weighted by Gasteiger charge is -1.97. The van der Waals surface area contributed by atoms with Gasteiger partial charge in [-0.1, -0.05) is 18.2 Å². The van der Waals surface area contributed by atoms with E-state index in [0.29, 0.717) is 0 Å². The minimum atomic E-state index is -0.946. The second-order valence-electron chi connectivity index (χ2n) is 2.72. The molecule has 0 aliphatic rings. The molecule has 0 atom stereocenters. The number of fused-ring (bicyclic) bond motifs is 1. The van der Waals surface area contributed by atoms with Gasteiger partial charge in [0.05, 0.1) is 11.1 Å². The van der Waals surface area contributed by atoms with Crippen LogP contribution in [0.1, 0.15) is 10.4 Å². The van der Waals surface area contributed by atoms with E-state index >= 15 is 0 Å². The standard InChI is InChI=1S/C10H7NO2.Si/c12-10(13)8-5-7-3-1-2-4-9(7)11-6-8;/h1-6H,(H,12,13);. The summed E-state index contributed by atoms with van der Waals surface area (Å²) >= 11 is 0. The molecule has 1 aromatic heterocycles. The van der Waals surface area contributed by atoms with Gasteiger partial charge >= 0.3 is 5.97 Å². The summed E-state index contributed by atoms with van der Waals surface area (Å²) in [6.07, 6.45) is 1.37. The molecule has 0 amide bonds. The third kappa shape index (κ3) is 1.80. The van der Waals surface area contributed by atoms with Crippen molar-refractivity contribution in [3.05, 3.63) is 42.1 Å². The number of carboxylic acids is 1. The molecule has 0 unspecified atom stereocenters. The number of carbonyl (C=O) groups is 1. The van der Waals surface area contributed by atoms with Crippen LogP contribution in [-0.2, 0) is 0 Å². The zero-order chi connectivity index (χ0) is 9.26. The van der Waals surface area contributed by atoms with E-state index in [-0.39, 0.29) is 16.5 Å². The second kappa shape index (κ2) is 4.02. The molecule has 2 aromatic rings. The maximum atomic E-state index is 10.6. The van der Waals surface area contributed by atoms with Gasteiger partial charge in [-0.15, -0.1) is 0 Å². The number of aromatic nitrogens is 1. The SMILES string of the molecule is O=C(O)c1cnc2ccccc2c1.[Si]. The first-order chi connectivity index (χ1) is 6.27. The molecular formula is C10H7NO2Si. The first-order valence-corrected chi connectivity index (χ1v) is 3.85. The van der Waals surface area contributed by atoms with Crippen molar-refractivity contribution in [2.75, 3.05) is 0 Å². The van der Waals surface area contributed by atoms with Gasteiger partial charge in [-0.05, 0) is 12.1 Å². The Morgan fingerprint density at radius 2 is 2.00 bits per heavy atom. The third-order valence-electron chi connectivity index (χ3n) is 1.84. The molecule has 4 radical (unpaired) electrons.